The lowest BCUT2D eigenvalue weighted by atomic mass is 10.0. The number of hydrogen-bond acceptors (Lipinski definition) is 1. The lowest BCUT2D eigenvalue weighted by Gasteiger charge is -2.17. The molecule has 1 nitrogen and oxygen atoms in total. The molecule has 0 spiro atoms. The van der Waals surface area contributed by atoms with Gasteiger partial charge in [-0.3, -0.25) is 0 Å². The first-order chi connectivity index (χ1) is 7.29. The average Bonchev–Trinajstić information content (AvgIpc) is 2.35. The summed E-state index contributed by atoms with van der Waals surface area (Å²) in [6.45, 7) is 3.44. The van der Waals surface area contributed by atoms with Crippen LogP contribution in [0.3, 0.4) is 0 Å². The Kier molecular flexibility index (Phi) is 1.86. The lowest BCUT2D eigenvalue weighted by molar-refractivity contribution is 0.137. The Balaban J connectivity index is 2.68. The van der Waals surface area contributed by atoms with Crippen molar-refractivity contribution in [3.05, 3.63) is 28.3 Å². The summed E-state index contributed by atoms with van der Waals surface area (Å²) in [5.74, 6) is 0.795. The third-order valence-corrected chi connectivity index (χ3v) is 2.57. The molecule has 1 aromatic carbocycles. The Bertz CT molecular complexity index is 444. The van der Waals surface area contributed by atoms with E-state index < -0.39 is 12.0 Å². The standard InChI is InChI=1S/C11H12Cl2O/c1-11(2)5-7-3-9(13)4-8(6-12)10(7)14-11/h3-4H,5-6H2,1-2H3/i5D2. The van der Waals surface area contributed by atoms with E-state index in [0.717, 1.165) is 5.56 Å². The fraction of sp³-hybridized carbons (Fsp3) is 0.455. The van der Waals surface area contributed by atoms with Gasteiger partial charge in [-0.2, -0.15) is 0 Å². The zero-order chi connectivity index (χ0) is 12.1. The van der Waals surface area contributed by atoms with Gasteiger partial charge in [0, 0.05) is 19.7 Å². The second kappa shape index (κ2) is 3.32. The summed E-state index contributed by atoms with van der Waals surface area (Å²) >= 11 is 11.8. The van der Waals surface area contributed by atoms with Crippen molar-refractivity contribution in [2.75, 3.05) is 0 Å². The van der Waals surface area contributed by atoms with Gasteiger partial charge in [-0.05, 0) is 31.5 Å². The van der Waals surface area contributed by atoms with Crippen LogP contribution >= 0.6 is 23.2 Å². The first-order valence-corrected chi connectivity index (χ1v) is 5.29. The first kappa shape index (κ1) is 7.84. The highest BCUT2D eigenvalue weighted by Gasteiger charge is 2.31. The molecule has 0 aliphatic carbocycles. The van der Waals surface area contributed by atoms with Crippen molar-refractivity contribution in [1.82, 2.24) is 0 Å². The highest BCUT2D eigenvalue weighted by atomic mass is 35.5. The van der Waals surface area contributed by atoms with Crippen molar-refractivity contribution in [3.63, 3.8) is 0 Å². The third-order valence-electron chi connectivity index (χ3n) is 2.07. The summed E-state index contributed by atoms with van der Waals surface area (Å²) in [7, 11) is 0. The topological polar surface area (TPSA) is 9.23 Å². The SMILES string of the molecule is [2H]C1([2H])c2cc(Cl)cc(CCl)c2OC1(C)C. The van der Waals surface area contributed by atoms with E-state index in [-0.39, 0.29) is 5.88 Å². The summed E-state index contributed by atoms with van der Waals surface area (Å²) in [4.78, 5) is 0. The number of benzene rings is 1. The van der Waals surface area contributed by atoms with Crippen molar-refractivity contribution < 1.29 is 7.48 Å². The molecule has 2 rings (SSSR count). The van der Waals surface area contributed by atoms with Gasteiger partial charge in [-0.1, -0.05) is 11.6 Å². The maximum absolute atomic E-state index is 8.08. The van der Waals surface area contributed by atoms with Gasteiger partial charge in [0.15, 0.2) is 0 Å². The van der Waals surface area contributed by atoms with E-state index in [1.54, 1.807) is 26.0 Å². The van der Waals surface area contributed by atoms with Crippen molar-refractivity contribution in [2.24, 2.45) is 0 Å². The third kappa shape index (κ3) is 1.71. The Labute approximate surface area is 96.8 Å². The van der Waals surface area contributed by atoms with E-state index in [1.807, 2.05) is 0 Å². The largest absolute Gasteiger partial charge is 0.487 e. The molecular weight excluding hydrogens is 219 g/mol. The molecule has 1 aromatic rings. The van der Waals surface area contributed by atoms with Gasteiger partial charge in [0.05, 0.1) is 5.88 Å². The molecule has 76 valence electrons. The molecule has 0 fully saturated rings. The number of halogens is 2. The molecule has 1 aliphatic heterocycles. The Morgan fingerprint density at radius 1 is 1.57 bits per heavy atom. The van der Waals surface area contributed by atoms with Crippen molar-refractivity contribution in [2.45, 2.75) is 31.7 Å². The van der Waals surface area contributed by atoms with Crippen LogP contribution in [0.4, 0.5) is 0 Å². The van der Waals surface area contributed by atoms with Gasteiger partial charge < -0.3 is 4.74 Å². The number of hydrogen-bond donors (Lipinski definition) is 0. The van der Waals surface area contributed by atoms with E-state index in [1.165, 1.54) is 0 Å². The molecule has 1 aliphatic rings. The minimum absolute atomic E-state index is 0.259. The first-order valence-electron chi connectivity index (χ1n) is 5.37. The van der Waals surface area contributed by atoms with Gasteiger partial charge in [0.1, 0.15) is 11.4 Å². The van der Waals surface area contributed by atoms with Gasteiger partial charge in [0.25, 0.3) is 0 Å². The van der Waals surface area contributed by atoms with E-state index in [4.69, 9.17) is 30.7 Å². The number of ether oxygens (including phenoxy) is 1. The van der Waals surface area contributed by atoms with Crippen LogP contribution in [-0.4, -0.2) is 5.60 Å². The predicted molar refractivity (Wildman–Crippen MR) is 59.4 cm³/mol. The van der Waals surface area contributed by atoms with E-state index >= 15 is 0 Å². The zero-order valence-electron chi connectivity index (χ0n) is 10.0. The molecule has 0 bridgehead atoms. The van der Waals surface area contributed by atoms with Crippen LogP contribution in [0.5, 0.6) is 5.75 Å². The summed E-state index contributed by atoms with van der Waals surface area (Å²) in [5.41, 5.74) is 0.320. The van der Waals surface area contributed by atoms with Crippen molar-refractivity contribution in [3.8, 4) is 5.75 Å². The Morgan fingerprint density at radius 2 is 2.29 bits per heavy atom. The minimum atomic E-state index is -1.56. The highest BCUT2D eigenvalue weighted by molar-refractivity contribution is 6.31. The second-order valence-corrected chi connectivity index (χ2v) is 4.52. The van der Waals surface area contributed by atoms with E-state index in [2.05, 4.69) is 0 Å². The maximum atomic E-state index is 8.08. The van der Waals surface area contributed by atoms with Crippen LogP contribution in [0, 0.1) is 0 Å². The molecule has 1 heterocycles. The summed E-state index contributed by atoms with van der Waals surface area (Å²) in [5, 5.41) is 0.486. The highest BCUT2D eigenvalue weighted by Crippen LogP contribution is 2.39. The van der Waals surface area contributed by atoms with Crippen LogP contribution in [0.2, 0.25) is 5.02 Å². The quantitative estimate of drug-likeness (QED) is 0.670. The molecule has 0 amide bonds. The fourth-order valence-corrected chi connectivity index (χ4v) is 2.01. The molecule has 0 unspecified atom stereocenters. The van der Waals surface area contributed by atoms with Gasteiger partial charge >= 0.3 is 0 Å². The fourth-order valence-electron chi connectivity index (χ4n) is 1.57. The Morgan fingerprint density at radius 3 is 2.93 bits per heavy atom. The van der Waals surface area contributed by atoms with Crippen molar-refractivity contribution >= 4 is 23.2 Å². The average molecular weight is 233 g/mol. The van der Waals surface area contributed by atoms with Crippen molar-refractivity contribution in [1.29, 1.82) is 0 Å². The number of fused-ring (bicyclic) bond motifs is 1. The molecular formula is C11H12Cl2O. The van der Waals surface area contributed by atoms with Gasteiger partial charge in [-0.25, -0.2) is 0 Å². The molecule has 0 N–H and O–H groups in total. The van der Waals surface area contributed by atoms with E-state index in [9.17, 15) is 0 Å². The summed E-state index contributed by atoms with van der Waals surface area (Å²) < 4.78 is 21.8. The maximum Gasteiger partial charge on any atom is 0.127 e. The van der Waals surface area contributed by atoms with Crippen LogP contribution in [0.15, 0.2) is 12.1 Å². The van der Waals surface area contributed by atoms with Crippen LogP contribution < -0.4 is 4.74 Å². The zero-order valence-corrected chi connectivity index (χ0v) is 9.54. The number of rotatable bonds is 1. The molecule has 14 heavy (non-hydrogen) atoms. The predicted octanol–water partition coefficient (Wildman–Crippen LogP) is 3.79. The Hall–Kier alpha value is -0.400. The molecule has 3 heteroatoms. The molecule has 0 saturated carbocycles. The number of alkyl halides is 1. The summed E-state index contributed by atoms with van der Waals surface area (Å²) in [6.07, 6.45) is -1.56. The minimum Gasteiger partial charge on any atom is -0.487 e. The van der Waals surface area contributed by atoms with E-state index in [0.29, 0.717) is 16.3 Å². The van der Waals surface area contributed by atoms with Gasteiger partial charge in [0.2, 0.25) is 0 Å². The monoisotopic (exact) mass is 232 g/mol. The van der Waals surface area contributed by atoms with Crippen LogP contribution in [0.1, 0.15) is 27.7 Å². The molecule has 0 saturated heterocycles. The molecule has 0 radical (unpaired) electrons. The van der Waals surface area contributed by atoms with Crippen LogP contribution in [0.25, 0.3) is 0 Å². The lowest BCUT2D eigenvalue weighted by Crippen LogP contribution is -2.24. The smallest absolute Gasteiger partial charge is 0.127 e. The molecule has 0 atom stereocenters. The van der Waals surface area contributed by atoms with Gasteiger partial charge in [-0.15, -0.1) is 11.6 Å². The second-order valence-electron chi connectivity index (χ2n) is 3.81. The summed E-state index contributed by atoms with van der Waals surface area (Å²) in [6, 6.07) is 3.33. The molecule has 0 aromatic heterocycles. The van der Waals surface area contributed by atoms with Crippen LogP contribution in [-0.2, 0) is 12.3 Å². The normalized spacial score (nSPS) is 23.4.